The predicted octanol–water partition coefficient (Wildman–Crippen LogP) is 3.54. The summed E-state index contributed by atoms with van der Waals surface area (Å²) >= 11 is 3.52. The summed E-state index contributed by atoms with van der Waals surface area (Å²) in [7, 11) is 0. The summed E-state index contributed by atoms with van der Waals surface area (Å²) in [5.74, 6) is 0. The lowest BCUT2D eigenvalue weighted by Crippen LogP contribution is -2.34. The van der Waals surface area contributed by atoms with Gasteiger partial charge < -0.3 is 5.32 Å². The molecule has 0 spiro atoms. The first-order valence-corrected chi connectivity index (χ1v) is 6.61. The molecule has 0 unspecified atom stereocenters. The van der Waals surface area contributed by atoms with Crippen molar-refractivity contribution in [3.63, 3.8) is 0 Å². The molecular weight excluding hydrogens is 276 g/mol. The van der Waals surface area contributed by atoms with Gasteiger partial charge in [0.2, 0.25) is 0 Å². The van der Waals surface area contributed by atoms with Crippen molar-refractivity contribution in [3.05, 3.63) is 33.8 Å². The fraction of sp³-hybridized carbons (Fsp3) is 0.500. The van der Waals surface area contributed by atoms with Crippen LogP contribution >= 0.6 is 15.9 Å². The van der Waals surface area contributed by atoms with Crippen LogP contribution in [0.15, 0.2) is 22.7 Å². The number of halogens is 1. The van der Waals surface area contributed by atoms with E-state index in [2.05, 4.69) is 66.3 Å². The smallest absolute Gasteiger partial charge is 0.0635 e. The molecule has 0 radical (unpaired) electrons. The minimum absolute atomic E-state index is 0.0727. The largest absolute Gasteiger partial charge is 0.315 e. The molecule has 0 heterocycles. The van der Waals surface area contributed by atoms with E-state index in [0.717, 1.165) is 17.6 Å². The average Bonchev–Trinajstić information content (AvgIpc) is 2.28. The van der Waals surface area contributed by atoms with Crippen LogP contribution in [0, 0.1) is 18.3 Å². The number of hydrogen-bond donors (Lipinski definition) is 1. The van der Waals surface area contributed by atoms with E-state index >= 15 is 0 Å². The van der Waals surface area contributed by atoms with Crippen LogP contribution in [0.25, 0.3) is 0 Å². The van der Waals surface area contributed by atoms with E-state index in [-0.39, 0.29) is 5.41 Å². The van der Waals surface area contributed by atoms with E-state index in [1.54, 1.807) is 0 Å². The van der Waals surface area contributed by atoms with E-state index in [9.17, 15) is 0 Å². The Hall–Kier alpha value is -0.850. The van der Waals surface area contributed by atoms with Crippen LogP contribution in [0.5, 0.6) is 0 Å². The number of nitrogens with one attached hydrogen (secondary N) is 1. The average molecular weight is 295 g/mol. The highest BCUT2D eigenvalue weighted by Gasteiger charge is 2.22. The lowest BCUT2D eigenvalue weighted by atomic mass is 9.82. The first-order chi connectivity index (χ1) is 7.97. The molecule has 1 rings (SSSR count). The van der Waals surface area contributed by atoms with E-state index < -0.39 is 0 Å². The number of aryl methyl sites for hydroxylation is 1. The Morgan fingerprint density at radius 3 is 2.76 bits per heavy atom. The van der Waals surface area contributed by atoms with Crippen LogP contribution in [0.1, 0.15) is 31.4 Å². The summed E-state index contributed by atoms with van der Waals surface area (Å²) in [4.78, 5) is 0. The maximum Gasteiger partial charge on any atom is 0.0635 e. The molecule has 0 atom stereocenters. The third-order valence-corrected chi connectivity index (χ3v) is 3.40. The predicted molar refractivity (Wildman–Crippen MR) is 75.0 cm³/mol. The van der Waals surface area contributed by atoms with Crippen LogP contribution in [0.4, 0.5) is 0 Å². The Kier molecular flexibility index (Phi) is 5.17. The molecule has 0 aliphatic heterocycles. The van der Waals surface area contributed by atoms with Crippen LogP contribution in [0.3, 0.4) is 0 Å². The fourth-order valence-corrected chi connectivity index (χ4v) is 2.32. The van der Waals surface area contributed by atoms with Gasteiger partial charge in [0.1, 0.15) is 0 Å². The zero-order valence-electron chi connectivity index (χ0n) is 10.7. The monoisotopic (exact) mass is 294 g/mol. The van der Waals surface area contributed by atoms with Gasteiger partial charge in [-0.25, -0.2) is 0 Å². The van der Waals surface area contributed by atoms with Gasteiger partial charge in [-0.05, 0) is 30.2 Å². The number of nitriles is 1. The van der Waals surface area contributed by atoms with Crippen molar-refractivity contribution in [1.29, 1.82) is 5.26 Å². The van der Waals surface area contributed by atoms with Crippen LogP contribution < -0.4 is 5.32 Å². The number of benzene rings is 1. The van der Waals surface area contributed by atoms with E-state index in [0.29, 0.717) is 6.42 Å². The van der Waals surface area contributed by atoms with Gasteiger partial charge in [0.05, 0.1) is 6.07 Å². The highest BCUT2D eigenvalue weighted by molar-refractivity contribution is 9.10. The van der Waals surface area contributed by atoms with Crippen LogP contribution in [-0.2, 0) is 5.41 Å². The maximum absolute atomic E-state index is 8.50. The van der Waals surface area contributed by atoms with Gasteiger partial charge >= 0.3 is 0 Å². The Morgan fingerprint density at radius 2 is 2.12 bits per heavy atom. The van der Waals surface area contributed by atoms with E-state index in [1.165, 1.54) is 11.1 Å². The topological polar surface area (TPSA) is 35.8 Å². The van der Waals surface area contributed by atoms with Crippen molar-refractivity contribution in [2.75, 3.05) is 13.1 Å². The van der Waals surface area contributed by atoms with Crippen molar-refractivity contribution in [1.82, 2.24) is 5.32 Å². The van der Waals surface area contributed by atoms with Gasteiger partial charge in [0.25, 0.3) is 0 Å². The van der Waals surface area contributed by atoms with Crippen molar-refractivity contribution in [2.45, 2.75) is 32.6 Å². The molecule has 0 aromatic heterocycles. The molecule has 17 heavy (non-hydrogen) atoms. The Bertz CT molecular complexity index is 419. The second-order valence-corrected chi connectivity index (χ2v) is 5.84. The molecule has 0 saturated carbocycles. The molecule has 2 nitrogen and oxygen atoms in total. The van der Waals surface area contributed by atoms with Gasteiger partial charge in [0.15, 0.2) is 0 Å². The van der Waals surface area contributed by atoms with E-state index in [4.69, 9.17) is 5.26 Å². The van der Waals surface area contributed by atoms with Crippen LogP contribution in [0.2, 0.25) is 0 Å². The van der Waals surface area contributed by atoms with Gasteiger partial charge in [-0.15, -0.1) is 0 Å². The second kappa shape index (κ2) is 6.18. The molecule has 3 heteroatoms. The molecule has 1 aromatic rings. The standard InChI is InChI=1S/C14H19BrN2/c1-11-5-6-12(15)9-13(11)14(2,3)10-17-8-4-7-16/h5-6,9,17H,4,8,10H2,1-3H3. The zero-order valence-corrected chi connectivity index (χ0v) is 12.3. The van der Waals surface area contributed by atoms with Crippen LogP contribution in [-0.4, -0.2) is 13.1 Å². The highest BCUT2D eigenvalue weighted by atomic mass is 79.9. The molecule has 0 bridgehead atoms. The number of nitrogens with zero attached hydrogens (tertiary/aromatic N) is 1. The summed E-state index contributed by atoms with van der Waals surface area (Å²) < 4.78 is 1.11. The summed E-state index contributed by atoms with van der Waals surface area (Å²) in [6.45, 7) is 8.22. The molecule has 92 valence electrons. The van der Waals surface area contributed by atoms with Gasteiger partial charge in [-0.2, -0.15) is 5.26 Å². The third-order valence-electron chi connectivity index (χ3n) is 2.91. The first-order valence-electron chi connectivity index (χ1n) is 5.81. The lowest BCUT2D eigenvalue weighted by molar-refractivity contribution is 0.471. The first kappa shape index (κ1) is 14.2. The zero-order chi connectivity index (χ0) is 12.9. The maximum atomic E-state index is 8.50. The second-order valence-electron chi connectivity index (χ2n) is 4.93. The minimum atomic E-state index is 0.0727. The molecular formula is C14H19BrN2. The molecule has 0 fully saturated rings. The summed E-state index contributed by atoms with van der Waals surface area (Å²) in [5, 5.41) is 11.8. The van der Waals surface area contributed by atoms with Crippen molar-refractivity contribution < 1.29 is 0 Å². The molecule has 1 aromatic carbocycles. The Morgan fingerprint density at radius 1 is 1.41 bits per heavy atom. The normalized spacial score (nSPS) is 11.2. The molecule has 0 amide bonds. The number of hydrogen-bond acceptors (Lipinski definition) is 2. The number of rotatable bonds is 5. The highest BCUT2D eigenvalue weighted by Crippen LogP contribution is 2.28. The summed E-state index contributed by atoms with van der Waals surface area (Å²) in [6.07, 6.45) is 0.563. The third kappa shape index (κ3) is 4.14. The fourth-order valence-electron chi connectivity index (χ4n) is 1.96. The van der Waals surface area contributed by atoms with E-state index in [1.807, 2.05) is 0 Å². The minimum Gasteiger partial charge on any atom is -0.315 e. The molecule has 1 N–H and O–H groups in total. The van der Waals surface area contributed by atoms with Crippen molar-refractivity contribution in [2.24, 2.45) is 0 Å². The summed E-state index contributed by atoms with van der Waals surface area (Å²) in [6, 6.07) is 8.53. The quantitative estimate of drug-likeness (QED) is 0.843. The SMILES string of the molecule is Cc1ccc(Br)cc1C(C)(C)CNCCC#N. The summed E-state index contributed by atoms with van der Waals surface area (Å²) in [5.41, 5.74) is 2.72. The molecule has 0 aliphatic rings. The van der Waals surface area contributed by atoms with Gasteiger partial charge in [-0.3, -0.25) is 0 Å². The van der Waals surface area contributed by atoms with Crippen molar-refractivity contribution in [3.8, 4) is 6.07 Å². The van der Waals surface area contributed by atoms with Gasteiger partial charge in [-0.1, -0.05) is 35.8 Å². The Balaban J connectivity index is 2.75. The Labute approximate surface area is 112 Å². The lowest BCUT2D eigenvalue weighted by Gasteiger charge is -2.27. The van der Waals surface area contributed by atoms with Crippen molar-refractivity contribution >= 4 is 15.9 Å². The van der Waals surface area contributed by atoms with Gasteiger partial charge in [0, 0.05) is 29.4 Å². The molecule has 0 aliphatic carbocycles. The molecule has 0 saturated heterocycles.